The van der Waals surface area contributed by atoms with Crippen LogP contribution >= 0.6 is 24.0 Å². The third kappa shape index (κ3) is 7.75. The molecule has 1 heterocycles. The standard InChI is InChI=1S/C23H30N4OS.HI/c1-2-24-23(26-15-18-29(28)19-20-9-4-3-5-10-20)25-14-8-16-27-17-13-21-11-6-7-12-22(21)27;/h3-7,9-13,17H,2,8,14-16,18-19H2,1H3,(H2,24,25,26);1H. The Labute approximate surface area is 198 Å². The number of aromatic nitrogens is 1. The average molecular weight is 538 g/mol. The smallest absolute Gasteiger partial charge is 0.191 e. The molecule has 5 nitrogen and oxygen atoms in total. The molecule has 2 aromatic carbocycles. The van der Waals surface area contributed by atoms with E-state index < -0.39 is 10.8 Å². The van der Waals surface area contributed by atoms with E-state index in [0.29, 0.717) is 18.1 Å². The number of fused-ring (bicyclic) bond motifs is 1. The lowest BCUT2D eigenvalue weighted by atomic mass is 10.2. The molecule has 0 bridgehead atoms. The van der Waals surface area contributed by atoms with Crippen LogP contribution in [0.2, 0.25) is 0 Å². The van der Waals surface area contributed by atoms with E-state index in [1.54, 1.807) is 0 Å². The molecule has 1 aromatic heterocycles. The van der Waals surface area contributed by atoms with Crippen molar-refractivity contribution in [2.45, 2.75) is 25.6 Å². The first-order chi connectivity index (χ1) is 14.3. The number of benzene rings is 2. The fourth-order valence-electron chi connectivity index (χ4n) is 3.22. The minimum atomic E-state index is -0.881. The number of hydrogen-bond acceptors (Lipinski definition) is 2. The Kier molecular flexibility index (Phi) is 10.9. The number of hydrogen-bond donors (Lipinski definition) is 2. The molecule has 0 aliphatic carbocycles. The molecule has 3 aromatic rings. The van der Waals surface area contributed by atoms with E-state index in [4.69, 9.17) is 0 Å². The van der Waals surface area contributed by atoms with Crippen molar-refractivity contribution in [1.82, 2.24) is 15.2 Å². The lowest BCUT2D eigenvalue weighted by Gasteiger charge is -2.11. The van der Waals surface area contributed by atoms with Crippen molar-refractivity contribution < 1.29 is 4.21 Å². The molecule has 0 amide bonds. The van der Waals surface area contributed by atoms with Crippen LogP contribution < -0.4 is 10.6 Å². The maximum Gasteiger partial charge on any atom is 0.191 e. The van der Waals surface area contributed by atoms with Crippen molar-refractivity contribution in [3.05, 3.63) is 72.4 Å². The molecule has 0 saturated heterocycles. The molecular weight excluding hydrogens is 507 g/mol. The topological polar surface area (TPSA) is 58.4 Å². The summed E-state index contributed by atoms with van der Waals surface area (Å²) < 4.78 is 14.5. The van der Waals surface area contributed by atoms with Crippen molar-refractivity contribution in [2.75, 3.05) is 25.4 Å². The molecule has 7 heteroatoms. The van der Waals surface area contributed by atoms with Crippen LogP contribution in [0.3, 0.4) is 0 Å². The second kappa shape index (κ2) is 13.4. The van der Waals surface area contributed by atoms with Gasteiger partial charge in [0.2, 0.25) is 0 Å². The van der Waals surface area contributed by atoms with Gasteiger partial charge in [-0.1, -0.05) is 48.5 Å². The van der Waals surface area contributed by atoms with Gasteiger partial charge in [0.05, 0.1) is 0 Å². The molecule has 0 aliphatic heterocycles. The molecule has 162 valence electrons. The zero-order valence-corrected chi connectivity index (χ0v) is 20.6. The van der Waals surface area contributed by atoms with E-state index >= 15 is 0 Å². The van der Waals surface area contributed by atoms with E-state index in [-0.39, 0.29) is 24.0 Å². The summed E-state index contributed by atoms with van der Waals surface area (Å²) in [5.41, 5.74) is 2.38. The molecule has 0 spiro atoms. The Morgan fingerprint density at radius 2 is 1.80 bits per heavy atom. The Bertz CT molecular complexity index is 943. The first-order valence-electron chi connectivity index (χ1n) is 10.2. The van der Waals surface area contributed by atoms with Gasteiger partial charge >= 0.3 is 0 Å². The van der Waals surface area contributed by atoms with Crippen LogP contribution in [0.5, 0.6) is 0 Å². The van der Waals surface area contributed by atoms with Gasteiger partial charge < -0.3 is 15.2 Å². The highest BCUT2D eigenvalue weighted by Gasteiger charge is 2.03. The molecular formula is C23H31IN4OS. The molecule has 1 atom stereocenters. The average Bonchev–Trinajstić information content (AvgIpc) is 3.15. The summed E-state index contributed by atoms with van der Waals surface area (Å²) in [6.07, 6.45) is 3.11. The molecule has 0 fully saturated rings. The third-order valence-electron chi connectivity index (χ3n) is 4.64. The molecule has 0 saturated carbocycles. The summed E-state index contributed by atoms with van der Waals surface area (Å²) in [5.74, 6) is 2.00. The molecule has 0 radical (unpaired) electrons. The van der Waals surface area contributed by atoms with E-state index in [1.807, 2.05) is 30.3 Å². The summed E-state index contributed by atoms with van der Waals surface area (Å²) in [7, 11) is -0.881. The van der Waals surface area contributed by atoms with Gasteiger partial charge in [0.25, 0.3) is 0 Å². The number of rotatable bonds is 10. The highest BCUT2D eigenvalue weighted by Crippen LogP contribution is 2.15. The monoisotopic (exact) mass is 538 g/mol. The number of nitrogens with zero attached hydrogens (tertiary/aromatic N) is 2. The van der Waals surface area contributed by atoms with Gasteiger partial charge in [-0.25, -0.2) is 0 Å². The molecule has 1 unspecified atom stereocenters. The fraction of sp³-hybridized carbons (Fsp3) is 0.348. The Hall–Kier alpha value is -1.87. The predicted molar refractivity (Wildman–Crippen MR) is 139 cm³/mol. The Morgan fingerprint density at radius 1 is 1.03 bits per heavy atom. The lowest BCUT2D eigenvalue weighted by molar-refractivity contribution is 0.666. The van der Waals surface area contributed by atoms with Gasteiger partial charge in [-0.15, -0.1) is 24.0 Å². The largest absolute Gasteiger partial charge is 0.357 e. The Balaban J connectivity index is 0.00000320. The van der Waals surface area contributed by atoms with Crippen LogP contribution in [0.4, 0.5) is 0 Å². The summed E-state index contributed by atoms with van der Waals surface area (Å²) in [4.78, 5) is 4.66. The van der Waals surface area contributed by atoms with Crippen molar-refractivity contribution >= 4 is 51.6 Å². The SMILES string of the molecule is CCNC(=NCCCn1ccc2ccccc21)NCCS(=O)Cc1ccccc1.I. The maximum absolute atomic E-state index is 12.3. The highest BCUT2D eigenvalue weighted by atomic mass is 127. The van der Waals surface area contributed by atoms with Crippen molar-refractivity contribution in [2.24, 2.45) is 4.99 Å². The quantitative estimate of drug-likeness (QED) is 0.177. The summed E-state index contributed by atoms with van der Waals surface area (Å²) >= 11 is 0. The van der Waals surface area contributed by atoms with Gasteiger partial charge in [-0.3, -0.25) is 9.20 Å². The first-order valence-corrected chi connectivity index (χ1v) is 11.7. The minimum Gasteiger partial charge on any atom is -0.357 e. The summed E-state index contributed by atoms with van der Waals surface area (Å²) in [6, 6.07) is 20.6. The maximum atomic E-state index is 12.3. The van der Waals surface area contributed by atoms with Crippen molar-refractivity contribution in [1.29, 1.82) is 0 Å². The minimum absolute atomic E-state index is 0. The fourth-order valence-corrected chi connectivity index (χ4v) is 4.26. The number of para-hydroxylation sites is 1. The van der Waals surface area contributed by atoms with Gasteiger partial charge in [0.1, 0.15) is 0 Å². The van der Waals surface area contributed by atoms with Gasteiger partial charge in [0.15, 0.2) is 5.96 Å². The van der Waals surface area contributed by atoms with Gasteiger partial charge in [0, 0.05) is 60.2 Å². The zero-order valence-electron chi connectivity index (χ0n) is 17.4. The van der Waals surface area contributed by atoms with Gasteiger partial charge in [-0.05, 0) is 36.4 Å². The molecule has 2 N–H and O–H groups in total. The summed E-state index contributed by atoms with van der Waals surface area (Å²) in [6.45, 7) is 5.19. The van der Waals surface area contributed by atoms with Crippen LogP contribution in [0.1, 0.15) is 18.9 Å². The van der Waals surface area contributed by atoms with Crippen LogP contribution in [-0.2, 0) is 23.1 Å². The third-order valence-corrected chi connectivity index (χ3v) is 5.96. The predicted octanol–water partition coefficient (Wildman–Crippen LogP) is 4.15. The van der Waals surface area contributed by atoms with Crippen molar-refractivity contribution in [3.63, 3.8) is 0 Å². The second-order valence-electron chi connectivity index (χ2n) is 6.88. The van der Waals surface area contributed by atoms with Crippen LogP contribution in [0.15, 0.2) is 71.9 Å². The van der Waals surface area contributed by atoms with Crippen molar-refractivity contribution in [3.8, 4) is 0 Å². The Morgan fingerprint density at radius 3 is 2.60 bits per heavy atom. The number of guanidine groups is 1. The molecule has 30 heavy (non-hydrogen) atoms. The number of aliphatic imine (C=N–C) groups is 1. The van der Waals surface area contributed by atoms with Crippen LogP contribution in [0, 0.1) is 0 Å². The van der Waals surface area contributed by atoms with E-state index in [1.165, 1.54) is 10.9 Å². The lowest BCUT2D eigenvalue weighted by Crippen LogP contribution is -2.39. The summed E-state index contributed by atoms with van der Waals surface area (Å²) in [5, 5.41) is 7.83. The van der Waals surface area contributed by atoms with E-state index in [0.717, 1.165) is 37.6 Å². The van der Waals surface area contributed by atoms with E-state index in [2.05, 4.69) is 63.6 Å². The molecule has 0 aliphatic rings. The number of aryl methyl sites for hydroxylation is 1. The zero-order chi connectivity index (χ0) is 20.3. The van der Waals surface area contributed by atoms with Crippen LogP contribution in [-0.4, -0.2) is 40.1 Å². The number of nitrogens with one attached hydrogen (secondary N) is 2. The highest BCUT2D eigenvalue weighted by molar-refractivity contribution is 14.0. The second-order valence-corrected chi connectivity index (χ2v) is 8.46. The van der Waals surface area contributed by atoms with Crippen LogP contribution in [0.25, 0.3) is 10.9 Å². The number of halogens is 1. The first kappa shape index (κ1) is 24.4. The normalized spacial score (nSPS) is 12.4. The van der Waals surface area contributed by atoms with E-state index in [9.17, 15) is 4.21 Å². The molecule has 3 rings (SSSR count). The van der Waals surface area contributed by atoms with Gasteiger partial charge in [-0.2, -0.15) is 0 Å².